The summed E-state index contributed by atoms with van der Waals surface area (Å²) >= 11 is 0. The van der Waals surface area contributed by atoms with Gasteiger partial charge in [-0.3, -0.25) is 0 Å². The first kappa shape index (κ1) is 12.0. The third kappa shape index (κ3) is 2.49. The van der Waals surface area contributed by atoms with Crippen molar-refractivity contribution in [3.63, 3.8) is 0 Å². The third-order valence-corrected chi connectivity index (χ3v) is 2.15. The van der Waals surface area contributed by atoms with Gasteiger partial charge >= 0.3 is 0 Å². The first-order valence-electron chi connectivity index (χ1n) is 4.52. The first-order valence-corrected chi connectivity index (χ1v) is 4.52. The number of carbonyl (C=O) groups excluding carboxylic acids is 2. The fourth-order valence-electron chi connectivity index (χ4n) is 1.33. The van der Waals surface area contributed by atoms with Crippen molar-refractivity contribution < 1.29 is 14.3 Å². The minimum Gasteiger partial charge on any atom is -0.351 e. The zero-order chi connectivity index (χ0) is 11.9. The Labute approximate surface area is 92.5 Å². The topological polar surface area (TPSA) is 68.1 Å². The molecule has 1 aromatic rings. The lowest BCUT2D eigenvalue weighted by atomic mass is 10.0. The fraction of sp³-hybridized carbons (Fsp3) is 0.273. The Hall–Kier alpha value is -2.06. The molecule has 0 aliphatic carbocycles. The number of benzene rings is 1. The normalized spacial score (nSPS) is 13.1. The van der Waals surface area contributed by atoms with E-state index in [4.69, 9.17) is 4.74 Å². The van der Waals surface area contributed by atoms with Crippen LogP contribution in [0.25, 0.3) is 0 Å². The number of aliphatic imine (C=N–C) groups is 2. The molecular weight excluding hydrogens is 208 g/mol. The van der Waals surface area contributed by atoms with Crippen molar-refractivity contribution >= 4 is 12.2 Å². The van der Waals surface area contributed by atoms with Crippen LogP contribution in [0.3, 0.4) is 0 Å². The van der Waals surface area contributed by atoms with Gasteiger partial charge in [-0.15, -0.1) is 0 Å². The smallest absolute Gasteiger partial charge is 0.238 e. The van der Waals surface area contributed by atoms with E-state index in [0.717, 1.165) is 0 Å². The lowest BCUT2D eigenvalue weighted by molar-refractivity contribution is 0.00165. The molecule has 0 aliphatic rings. The predicted octanol–water partition coefficient (Wildman–Crippen LogP) is 1.16. The summed E-state index contributed by atoms with van der Waals surface area (Å²) < 4.78 is 5.16. The average Bonchev–Trinajstić information content (AvgIpc) is 2.36. The highest BCUT2D eigenvalue weighted by atomic mass is 16.5. The van der Waals surface area contributed by atoms with Gasteiger partial charge in [0, 0.05) is 12.7 Å². The summed E-state index contributed by atoms with van der Waals surface area (Å²) in [6.07, 6.45) is 2.82. The van der Waals surface area contributed by atoms with Gasteiger partial charge < -0.3 is 4.74 Å². The second kappa shape index (κ2) is 5.73. The van der Waals surface area contributed by atoms with Crippen LogP contribution >= 0.6 is 0 Å². The van der Waals surface area contributed by atoms with Crippen LogP contribution in [0.2, 0.25) is 0 Å². The molecule has 0 spiro atoms. The number of methoxy groups -OCH3 is 1. The summed E-state index contributed by atoms with van der Waals surface area (Å²) in [4.78, 5) is 27.5. The summed E-state index contributed by atoms with van der Waals surface area (Å²) in [5, 5.41) is 0. The second-order valence-corrected chi connectivity index (χ2v) is 2.97. The van der Waals surface area contributed by atoms with Crippen LogP contribution in [-0.4, -0.2) is 25.8 Å². The van der Waals surface area contributed by atoms with Crippen molar-refractivity contribution in [1.29, 1.82) is 0 Å². The van der Waals surface area contributed by atoms with Crippen molar-refractivity contribution in [3.05, 3.63) is 35.9 Å². The Bertz CT molecular complexity index is 434. The monoisotopic (exact) mass is 218 g/mol. The van der Waals surface area contributed by atoms with E-state index in [-0.39, 0.29) is 6.54 Å². The summed E-state index contributed by atoms with van der Waals surface area (Å²) in [6, 6.07) is 8.81. The molecule has 1 atom stereocenters. The highest BCUT2D eigenvalue weighted by Crippen LogP contribution is 2.26. The van der Waals surface area contributed by atoms with E-state index in [1.54, 1.807) is 24.3 Å². The zero-order valence-corrected chi connectivity index (χ0v) is 8.71. The molecule has 1 aromatic carbocycles. The van der Waals surface area contributed by atoms with Crippen molar-refractivity contribution in [3.8, 4) is 0 Å². The van der Waals surface area contributed by atoms with Gasteiger partial charge in [0.05, 0.1) is 0 Å². The maximum absolute atomic E-state index is 10.4. The van der Waals surface area contributed by atoms with Crippen LogP contribution in [0.4, 0.5) is 0 Å². The molecular formula is C11H10N2O3. The number of hydrogen-bond donors (Lipinski definition) is 0. The summed E-state index contributed by atoms with van der Waals surface area (Å²) in [5.41, 5.74) is -0.666. The maximum Gasteiger partial charge on any atom is 0.238 e. The van der Waals surface area contributed by atoms with Crippen LogP contribution in [0.15, 0.2) is 40.3 Å². The van der Waals surface area contributed by atoms with E-state index in [2.05, 4.69) is 9.98 Å². The van der Waals surface area contributed by atoms with Crippen molar-refractivity contribution in [1.82, 2.24) is 0 Å². The van der Waals surface area contributed by atoms with E-state index >= 15 is 0 Å². The Morgan fingerprint density at radius 2 is 1.94 bits per heavy atom. The summed E-state index contributed by atoms with van der Waals surface area (Å²) in [6.45, 7) is -0.105. The van der Waals surface area contributed by atoms with Crippen LogP contribution in [-0.2, 0) is 20.1 Å². The Morgan fingerprint density at radius 1 is 1.25 bits per heavy atom. The molecule has 0 radical (unpaired) electrons. The SMILES string of the molecule is COC(CN=C=O)(N=C=O)c1ccccc1. The fourth-order valence-corrected chi connectivity index (χ4v) is 1.33. The first-order chi connectivity index (χ1) is 7.79. The Balaban J connectivity index is 3.21. The van der Waals surface area contributed by atoms with Crippen LogP contribution < -0.4 is 0 Å². The van der Waals surface area contributed by atoms with Gasteiger partial charge in [0.2, 0.25) is 17.9 Å². The molecule has 0 fully saturated rings. The number of rotatable bonds is 5. The maximum atomic E-state index is 10.4. The highest BCUT2D eigenvalue weighted by molar-refractivity contribution is 5.38. The molecule has 5 nitrogen and oxygen atoms in total. The van der Waals surface area contributed by atoms with Gasteiger partial charge in [0.15, 0.2) is 0 Å². The molecule has 0 N–H and O–H groups in total. The van der Waals surface area contributed by atoms with Crippen molar-refractivity contribution in [2.45, 2.75) is 5.72 Å². The quantitative estimate of drug-likeness (QED) is 0.550. The number of nitrogens with zero attached hydrogens (tertiary/aromatic N) is 2. The molecule has 0 saturated heterocycles. The van der Waals surface area contributed by atoms with Crippen LogP contribution in [0, 0.1) is 0 Å². The van der Waals surface area contributed by atoms with Crippen molar-refractivity contribution in [2.75, 3.05) is 13.7 Å². The predicted molar refractivity (Wildman–Crippen MR) is 56.2 cm³/mol. The number of ether oxygens (including phenoxy) is 1. The largest absolute Gasteiger partial charge is 0.351 e. The average molecular weight is 218 g/mol. The minimum atomic E-state index is -1.29. The molecule has 0 aliphatic heterocycles. The number of hydrogen-bond acceptors (Lipinski definition) is 5. The molecule has 82 valence electrons. The Kier molecular flexibility index (Phi) is 4.30. The van der Waals surface area contributed by atoms with E-state index in [9.17, 15) is 9.59 Å². The Morgan fingerprint density at radius 3 is 2.44 bits per heavy atom. The van der Waals surface area contributed by atoms with Crippen LogP contribution in [0.5, 0.6) is 0 Å². The highest BCUT2D eigenvalue weighted by Gasteiger charge is 2.31. The van der Waals surface area contributed by atoms with E-state index in [1.165, 1.54) is 19.3 Å². The van der Waals surface area contributed by atoms with E-state index in [1.807, 2.05) is 6.07 Å². The molecule has 1 unspecified atom stereocenters. The molecule has 0 aromatic heterocycles. The molecule has 0 saturated carbocycles. The second-order valence-electron chi connectivity index (χ2n) is 2.97. The zero-order valence-electron chi connectivity index (χ0n) is 8.71. The van der Waals surface area contributed by atoms with Gasteiger partial charge in [0.1, 0.15) is 6.54 Å². The molecule has 16 heavy (non-hydrogen) atoms. The van der Waals surface area contributed by atoms with Gasteiger partial charge in [-0.1, -0.05) is 30.3 Å². The van der Waals surface area contributed by atoms with E-state index < -0.39 is 5.72 Å². The lowest BCUT2D eigenvalue weighted by Crippen LogP contribution is -2.29. The molecule has 0 heterocycles. The lowest BCUT2D eigenvalue weighted by Gasteiger charge is -2.24. The van der Waals surface area contributed by atoms with Gasteiger partial charge in [-0.2, -0.15) is 4.99 Å². The van der Waals surface area contributed by atoms with Crippen molar-refractivity contribution in [2.24, 2.45) is 9.98 Å². The number of isocyanates is 2. The van der Waals surface area contributed by atoms with Gasteiger partial charge in [-0.25, -0.2) is 14.6 Å². The van der Waals surface area contributed by atoms with Crippen LogP contribution in [0.1, 0.15) is 5.56 Å². The third-order valence-electron chi connectivity index (χ3n) is 2.15. The van der Waals surface area contributed by atoms with Gasteiger partial charge in [0.25, 0.3) is 0 Å². The minimum absolute atomic E-state index is 0.105. The van der Waals surface area contributed by atoms with E-state index in [0.29, 0.717) is 5.56 Å². The standard InChI is InChI=1S/C11H10N2O3/c1-16-11(13-9-15,7-12-8-14)10-5-3-2-4-6-10/h2-6H,7H2,1H3. The van der Waals surface area contributed by atoms with Gasteiger partial charge in [-0.05, 0) is 0 Å². The molecule has 5 heteroatoms. The summed E-state index contributed by atoms with van der Waals surface area (Å²) in [5.74, 6) is 0. The molecule has 0 bridgehead atoms. The molecule has 0 amide bonds. The summed E-state index contributed by atoms with van der Waals surface area (Å²) in [7, 11) is 1.38. The molecule has 1 rings (SSSR count).